The largest absolute Gasteiger partial charge is 0.491 e. The third-order valence-electron chi connectivity index (χ3n) is 4.09. The Balaban J connectivity index is 1.86. The molecule has 130 valence electrons. The Bertz CT molecular complexity index is 617. The molecule has 2 aromatic rings. The molecule has 0 aliphatic heterocycles. The van der Waals surface area contributed by atoms with Crippen LogP contribution >= 0.6 is 0 Å². The van der Waals surface area contributed by atoms with Crippen molar-refractivity contribution in [3.63, 3.8) is 0 Å². The first kappa shape index (κ1) is 18.2. The summed E-state index contributed by atoms with van der Waals surface area (Å²) in [7, 11) is 0. The maximum atomic E-state index is 6.10. The van der Waals surface area contributed by atoms with E-state index in [0.717, 1.165) is 30.2 Å². The van der Waals surface area contributed by atoms with Crippen LogP contribution < -0.4 is 14.8 Å². The lowest BCUT2D eigenvalue weighted by molar-refractivity contribution is 0.217. The van der Waals surface area contributed by atoms with Crippen LogP contribution in [0.25, 0.3) is 0 Å². The molecule has 1 N–H and O–H groups in total. The summed E-state index contributed by atoms with van der Waals surface area (Å²) in [6.07, 6.45) is 1.34. The number of anilines is 1. The molecule has 0 fully saturated rings. The lowest BCUT2D eigenvalue weighted by Crippen LogP contribution is -2.23. The molecule has 0 bridgehead atoms. The van der Waals surface area contributed by atoms with E-state index in [9.17, 15) is 0 Å². The van der Waals surface area contributed by atoms with E-state index in [4.69, 9.17) is 9.47 Å². The molecule has 24 heavy (non-hydrogen) atoms. The van der Waals surface area contributed by atoms with Gasteiger partial charge in [0.05, 0.1) is 12.6 Å². The summed E-state index contributed by atoms with van der Waals surface area (Å²) in [6.45, 7) is 11.2. The molecule has 2 aromatic carbocycles. The van der Waals surface area contributed by atoms with Gasteiger partial charge in [-0.15, -0.1) is 0 Å². The van der Waals surface area contributed by atoms with Gasteiger partial charge in [-0.05, 0) is 69.5 Å². The minimum absolute atomic E-state index is 0.0841. The number of nitrogens with one attached hydrogen (secondary N) is 1. The molecule has 2 rings (SSSR count). The topological polar surface area (TPSA) is 30.5 Å². The predicted octanol–water partition coefficient (Wildman–Crippen LogP) is 5.36. The molecule has 0 saturated heterocycles. The lowest BCUT2D eigenvalue weighted by atomic mass is 10.1. The molecular formula is C21H29NO2. The van der Waals surface area contributed by atoms with E-state index in [1.165, 1.54) is 11.1 Å². The number of aryl methyl sites for hydroxylation is 2. The highest BCUT2D eigenvalue weighted by atomic mass is 16.5. The van der Waals surface area contributed by atoms with Crippen LogP contribution in [-0.4, -0.2) is 18.8 Å². The molecule has 0 amide bonds. The Hall–Kier alpha value is -2.16. The molecular weight excluding hydrogens is 298 g/mol. The zero-order valence-electron chi connectivity index (χ0n) is 15.4. The highest BCUT2D eigenvalue weighted by molar-refractivity contribution is 5.46. The van der Waals surface area contributed by atoms with Crippen molar-refractivity contribution in [3.05, 3.63) is 53.6 Å². The van der Waals surface area contributed by atoms with Crippen molar-refractivity contribution in [1.29, 1.82) is 0 Å². The number of hydrogen-bond acceptors (Lipinski definition) is 3. The monoisotopic (exact) mass is 327 g/mol. The van der Waals surface area contributed by atoms with Gasteiger partial charge in [0.1, 0.15) is 17.6 Å². The standard InChI is InChI=1S/C21H29NO2/c1-6-17(4)23-20-12-10-19(11-13-20)22-14-18(5)24-21-15(2)8-7-9-16(21)3/h7-13,17-18,22H,6,14H2,1-5H3. The van der Waals surface area contributed by atoms with E-state index in [2.05, 4.69) is 58.1 Å². The number of benzene rings is 2. The van der Waals surface area contributed by atoms with Crippen LogP contribution in [0.1, 0.15) is 38.3 Å². The normalized spacial score (nSPS) is 13.2. The molecule has 0 radical (unpaired) electrons. The third-order valence-corrected chi connectivity index (χ3v) is 4.09. The minimum Gasteiger partial charge on any atom is -0.491 e. The third kappa shape index (κ3) is 5.19. The molecule has 2 unspecified atom stereocenters. The van der Waals surface area contributed by atoms with Crippen molar-refractivity contribution < 1.29 is 9.47 Å². The first-order chi connectivity index (χ1) is 11.5. The number of rotatable bonds is 8. The Morgan fingerprint density at radius 3 is 2.08 bits per heavy atom. The Kier molecular flexibility index (Phi) is 6.53. The summed E-state index contributed by atoms with van der Waals surface area (Å²) < 4.78 is 11.9. The number of ether oxygens (including phenoxy) is 2. The number of hydrogen-bond donors (Lipinski definition) is 1. The molecule has 0 aliphatic carbocycles. The van der Waals surface area contributed by atoms with Crippen LogP contribution in [0, 0.1) is 13.8 Å². The van der Waals surface area contributed by atoms with Gasteiger partial charge in [0.2, 0.25) is 0 Å². The van der Waals surface area contributed by atoms with Crippen LogP contribution in [0.4, 0.5) is 5.69 Å². The van der Waals surface area contributed by atoms with Gasteiger partial charge in [0.15, 0.2) is 0 Å². The first-order valence-corrected chi connectivity index (χ1v) is 8.73. The van der Waals surface area contributed by atoms with Gasteiger partial charge in [-0.25, -0.2) is 0 Å². The fraction of sp³-hybridized carbons (Fsp3) is 0.429. The SMILES string of the molecule is CCC(C)Oc1ccc(NCC(C)Oc2c(C)cccc2C)cc1. The van der Waals surface area contributed by atoms with Crippen molar-refractivity contribution in [3.8, 4) is 11.5 Å². The predicted molar refractivity (Wildman–Crippen MR) is 101 cm³/mol. The summed E-state index contributed by atoms with van der Waals surface area (Å²) in [5.41, 5.74) is 3.42. The van der Waals surface area contributed by atoms with Crippen molar-refractivity contribution in [2.24, 2.45) is 0 Å². The lowest BCUT2D eigenvalue weighted by Gasteiger charge is -2.19. The van der Waals surface area contributed by atoms with Gasteiger partial charge in [0, 0.05) is 5.69 Å². The molecule has 0 aliphatic rings. The maximum absolute atomic E-state index is 6.10. The molecule has 0 spiro atoms. The van der Waals surface area contributed by atoms with E-state index in [-0.39, 0.29) is 12.2 Å². The maximum Gasteiger partial charge on any atom is 0.125 e. The van der Waals surface area contributed by atoms with Crippen LogP contribution in [0.3, 0.4) is 0 Å². The van der Waals surface area contributed by atoms with E-state index in [1.807, 2.05) is 24.3 Å². The van der Waals surface area contributed by atoms with Gasteiger partial charge in [0.25, 0.3) is 0 Å². The van der Waals surface area contributed by atoms with Crippen molar-refractivity contribution in [1.82, 2.24) is 0 Å². The summed E-state index contributed by atoms with van der Waals surface area (Å²) in [6, 6.07) is 14.3. The molecule has 0 aromatic heterocycles. The second kappa shape index (κ2) is 8.62. The van der Waals surface area contributed by atoms with Crippen LogP contribution in [0.15, 0.2) is 42.5 Å². The molecule has 3 heteroatoms. The van der Waals surface area contributed by atoms with Gasteiger partial charge < -0.3 is 14.8 Å². The van der Waals surface area contributed by atoms with E-state index >= 15 is 0 Å². The zero-order chi connectivity index (χ0) is 17.5. The van der Waals surface area contributed by atoms with Crippen LogP contribution in [0.2, 0.25) is 0 Å². The van der Waals surface area contributed by atoms with E-state index in [0.29, 0.717) is 0 Å². The van der Waals surface area contributed by atoms with E-state index < -0.39 is 0 Å². The molecule has 2 atom stereocenters. The van der Waals surface area contributed by atoms with Crippen molar-refractivity contribution in [2.75, 3.05) is 11.9 Å². The van der Waals surface area contributed by atoms with Crippen LogP contribution in [0.5, 0.6) is 11.5 Å². The smallest absolute Gasteiger partial charge is 0.125 e. The van der Waals surface area contributed by atoms with E-state index in [1.54, 1.807) is 0 Å². The fourth-order valence-electron chi connectivity index (χ4n) is 2.46. The molecule has 3 nitrogen and oxygen atoms in total. The summed E-state index contributed by atoms with van der Waals surface area (Å²) >= 11 is 0. The average molecular weight is 327 g/mol. The number of para-hydroxylation sites is 1. The van der Waals surface area contributed by atoms with Gasteiger partial charge >= 0.3 is 0 Å². The van der Waals surface area contributed by atoms with Crippen molar-refractivity contribution >= 4 is 5.69 Å². The quantitative estimate of drug-likeness (QED) is 0.708. The van der Waals surface area contributed by atoms with Crippen molar-refractivity contribution in [2.45, 2.75) is 53.2 Å². The first-order valence-electron chi connectivity index (χ1n) is 8.73. The average Bonchev–Trinajstić information content (AvgIpc) is 2.57. The Morgan fingerprint density at radius 1 is 0.875 bits per heavy atom. The Labute approximate surface area is 146 Å². The highest BCUT2D eigenvalue weighted by Crippen LogP contribution is 2.24. The zero-order valence-corrected chi connectivity index (χ0v) is 15.4. The Morgan fingerprint density at radius 2 is 1.50 bits per heavy atom. The van der Waals surface area contributed by atoms with Crippen LogP contribution in [-0.2, 0) is 0 Å². The summed E-state index contributed by atoms with van der Waals surface area (Å²) in [5, 5.41) is 3.42. The summed E-state index contributed by atoms with van der Waals surface area (Å²) in [5.74, 6) is 1.90. The highest BCUT2D eigenvalue weighted by Gasteiger charge is 2.09. The van der Waals surface area contributed by atoms with Gasteiger partial charge in [-0.2, -0.15) is 0 Å². The minimum atomic E-state index is 0.0841. The second-order valence-electron chi connectivity index (χ2n) is 6.39. The second-order valence-corrected chi connectivity index (χ2v) is 6.39. The van der Waals surface area contributed by atoms with Gasteiger partial charge in [-0.3, -0.25) is 0 Å². The summed E-state index contributed by atoms with van der Waals surface area (Å²) in [4.78, 5) is 0. The fourth-order valence-corrected chi connectivity index (χ4v) is 2.46. The van der Waals surface area contributed by atoms with Gasteiger partial charge in [-0.1, -0.05) is 25.1 Å². The molecule has 0 saturated carbocycles. The molecule has 0 heterocycles.